The average Bonchev–Trinajstić information content (AvgIpc) is 2.16. The minimum Gasteiger partial charge on any atom is -0.479 e. The van der Waals surface area contributed by atoms with Gasteiger partial charge in [-0.1, -0.05) is 0 Å². The van der Waals surface area contributed by atoms with Crippen LogP contribution in [0.15, 0.2) is 0 Å². The summed E-state index contributed by atoms with van der Waals surface area (Å²) in [6, 6.07) is 0. The lowest BCUT2D eigenvalue weighted by Crippen LogP contribution is -2.61. The number of rotatable bonds is 2. The highest BCUT2D eigenvalue weighted by Crippen LogP contribution is 2.25. The number of carbonyl (C=O) groups is 1. The van der Waals surface area contributed by atoms with Crippen LogP contribution in [0.25, 0.3) is 0 Å². The molecule has 7 heteroatoms. The molecule has 1 aliphatic heterocycles. The minimum absolute atomic E-state index is 0.684. The number of ether oxygens (including phenoxy) is 2. The summed E-state index contributed by atoms with van der Waals surface area (Å²) < 4.78 is 10.2. The van der Waals surface area contributed by atoms with E-state index in [1.807, 2.05) is 0 Å². The van der Waals surface area contributed by atoms with E-state index in [1.54, 1.807) is 20.8 Å². The van der Waals surface area contributed by atoms with E-state index in [-0.39, 0.29) is 0 Å². The lowest BCUT2D eigenvalue weighted by Gasteiger charge is -2.40. The summed E-state index contributed by atoms with van der Waals surface area (Å²) in [6.07, 6.45) is -7.74. The van der Waals surface area contributed by atoms with E-state index in [0.717, 1.165) is 0 Å². The first kappa shape index (κ1) is 14.3. The Morgan fingerprint density at radius 1 is 1.12 bits per heavy atom. The molecule has 0 aromatic rings. The molecule has 1 rings (SSSR count). The van der Waals surface area contributed by atoms with Crippen LogP contribution in [0, 0.1) is 0 Å². The molecule has 100 valence electrons. The molecule has 1 saturated heterocycles. The third kappa shape index (κ3) is 3.36. The molecule has 0 aromatic carbocycles. The molecule has 0 bridgehead atoms. The molecule has 2 unspecified atom stereocenters. The van der Waals surface area contributed by atoms with Crippen LogP contribution >= 0.6 is 0 Å². The molecule has 1 fully saturated rings. The van der Waals surface area contributed by atoms with Crippen LogP contribution in [0.3, 0.4) is 0 Å². The smallest absolute Gasteiger partial charge is 0.335 e. The molecule has 5 atom stereocenters. The van der Waals surface area contributed by atoms with E-state index >= 15 is 0 Å². The van der Waals surface area contributed by atoms with Gasteiger partial charge in [-0.15, -0.1) is 0 Å². The fourth-order valence-electron chi connectivity index (χ4n) is 1.50. The molecule has 17 heavy (non-hydrogen) atoms. The van der Waals surface area contributed by atoms with Crippen molar-refractivity contribution in [1.29, 1.82) is 0 Å². The Hall–Kier alpha value is -0.730. The molecule has 0 aromatic heterocycles. The maximum absolute atomic E-state index is 10.8. The summed E-state index contributed by atoms with van der Waals surface area (Å²) in [5.74, 6) is -1.43. The maximum atomic E-state index is 10.8. The lowest BCUT2D eigenvalue weighted by molar-refractivity contribution is -0.314. The first-order valence-corrected chi connectivity index (χ1v) is 5.24. The molecule has 1 heterocycles. The lowest BCUT2D eigenvalue weighted by atomic mass is 9.98. The van der Waals surface area contributed by atoms with Gasteiger partial charge in [-0.3, -0.25) is 0 Å². The molecule has 0 spiro atoms. The van der Waals surface area contributed by atoms with E-state index in [2.05, 4.69) is 0 Å². The summed E-state index contributed by atoms with van der Waals surface area (Å²) in [6.45, 7) is 5.07. The second-order valence-electron chi connectivity index (χ2n) is 4.97. The van der Waals surface area contributed by atoms with Crippen LogP contribution in [0.4, 0.5) is 0 Å². The third-order valence-electron chi connectivity index (χ3n) is 2.28. The van der Waals surface area contributed by atoms with Crippen molar-refractivity contribution in [3.63, 3.8) is 0 Å². The Morgan fingerprint density at radius 3 is 2.06 bits per heavy atom. The highest BCUT2D eigenvalue weighted by atomic mass is 16.7. The number of carboxylic acids is 1. The molecule has 0 radical (unpaired) electrons. The number of aliphatic carboxylic acids is 1. The van der Waals surface area contributed by atoms with Crippen LogP contribution in [0.5, 0.6) is 0 Å². The summed E-state index contributed by atoms with van der Waals surface area (Å²) in [5, 5.41) is 37.3. The van der Waals surface area contributed by atoms with Crippen LogP contribution in [-0.4, -0.2) is 62.7 Å². The zero-order chi connectivity index (χ0) is 13.4. The first-order valence-electron chi connectivity index (χ1n) is 5.24. The second kappa shape index (κ2) is 4.87. The highest BCUT2D eigenvalue weighted by Gasteiger charge is 2.48. The maximum Gasteiger partial charge on any atom is 0.335 e. The Labute approximate surface area is 98.6 Å². The summed E-state index contributed by atoms with van der Waals surface area (Å²) in [4.78, 5) is 10.8. The van der Waals surface area contributed by atoms with Crippen LogP contribution < -0.4 is 0 Å². The van der Waals surface area contributed by atoms with Gasteiger partial charge in [-0.25, -0.2) is 4.79 Å². The third-order valence-corrected chi connectivity index (χ3v) is 2.28. The fraction of sp³-hybridized carbons (Fsp3) is 0.900. The van der Waals surface area contributed by atoms with Crippen molar-refractivity contribution >= 4 is 5.97 Å². The van der Waals surface area contributed by atoms with Gasteiger partial charge < -0.3 is 29.9 Å². The molecule has 7 nitrogen and oxygen atoms in total. The predicted octanol–water partition coefficient (Wildman–Crippen LogP) is -1.31. The van der Waals surface area contributed by atoms with E-state index < -0.39 is 42.3 Å². The molecule has 0 saturated carbocycles. The number of hydrogen-bond acceptors (Lipinski definition) is 6. The zero-order valence-electron chi connectivity index (χ0n) is 9.90. The normalized spacial score (nSPS) is 39.1. The second-order valence-corrected chi connectivity index (χ2v) is 4.97. The van der Waals surface area contributed by atoms with Gasteiger partial charge in [0.1, 0.15) is 18.3 Å². The number of aliphatic hydroxyl groups excluding tert-OH is 3. The van der Waals surface area contributed by atoms with Gasteiger partial charge in [0.15, 0.2) is 12.4 Å². The van der Waals surface area contributed by atoms with E-state index in [0.29, 0.717) is 0 Å². The quantitative estimate of drug-likeness (QED) is 0.481. The average molecular weight is 250 g/mol. The topological polar surface area (TPSA) is 116 Å². The molecular weight excluding hydrogens is 232 g/mol. The van der Waals surface area contributed by atoms with Crippen LogP contribution in [0.2, 0.25) is 0 Å². The SMILES string of the molecule is CC(C)(C)OC1OC(C(=O)O)[C@@H](O)[C@H](O)[C@@H]1O. The number of hydrogen-bond donors (Lipinski definition) is 4. The Morgan fingerprint density at radius 2 is 1.65 bits per heavy atom. The van der Waals surface area contributed by atoms with Gasteiger partial charge in [-0.05, 0) is 20.8 Å². The minimum atomic E-state index is -1.69. The number of carboxylic acid groups (broad SMARTS) is 1. The summed E-state index contributed by atoms with van der Waals surface area (Å²) in [5.41, 5.74) is -0.684. The van der Waals surface area contributed by atoms with Gasteiger partial charge in [-0.2, -0.15) is 0 Å². The molecule has 0 amide bonds. The van der Waals surface area contributed by atoms with Crippen molar-refractivity contribution in [2.45, 2.75) is 57.1 Å². The van der Waals surface area contributed by atoms with Crippen molar-refractivity contribution in [3.8, 4) is 0 Å². The highest BCUT2D eigenvalue weighted by molar-refractivity contribution is 5.73. The molecule has 1 aliphatic rings. The fourth-order valence-corrected chi connectivity index (χ4v) is 1.50. The van der Waals surface area contributed by atoms with Gasteiger partial charge in [0.25, 0.3) is 0 Å². The Bertz CT molecular complexity index is 285. The van der Waals surface area contributed by atoms with E-state index in [4.69, 9.17) is 14.6 Å². The predicted molar refractivity (Wildman–Crippen MR) is 55.2 cm³/mol. The van der Waals surface area contributed by atoms with Gasteiger partial charge >= 0.3 is 5.97 Å². The monoisotopic (exact) mass is 250 g/mol. The van der Waals surface area contributed by atoms with Crippen molar-refractivity contribution in [1.82, 2.24) is 0 Å². The largest absolute Gasteiger partial charge is 0.479 e. The molecule has 4 N–H and O–H groups in total. The Kier molecular flexibility index (Phi) is 4.11. The van der Waals surface area contributed by atoms with E-state index in [9.17, 15) is 20.1 Å². The van der Waals surface area contributed by atoms with Crippen molar-refractivity contribution in [2.75, 3.05) is 0 Å². The standard InChI is InChI=1S/C10H18O7/c1-10(2,3)17-9-6(13)4(11)5(12)7(16-9)8(14)15/h4-7,9,11-13H,1-3H3,(H,14,15)/t4-,5-,6-,7?,9?/m0/s1. The van der Waals surface area contributed by atoms with Crippen LogP contribution in [-0.2, 0) is 14.3 Å². The van der Waals surface area contributed by atoms with Crippen molar-refractivity contribution in [3.05, 3.63) is 0 Å². The number of aliphatic hydroxyl groups is 3. The van der Waals surface area contributed by atoms with Gasteiger partial charge in [0.2, 0.25) is 0 Å². The van der Waals surface area contributed by atoms with Crippen molar-refractivity contribution in [2.24, 2.45) is 0 Å². The zero-order valence-corrected chi connectivity index (χ0v) is 9.90. The first-order chi connectivity index (χ1) is 7.63. The van der Waals surface area contributed by atoms with Crippen molar-refractivity contribution < 1.29 is 34.7 Å². The summed E-state index contributed by atoms with van der Waals surface area (Å²) >= 11 is 0. The van der Waals surface area contributed by atoms with E-state index in [1.165, 1.54) is 0 Å². The Balaban J connectivity index is 2.82. The van der Waals surface area contributed by atoms with Gasteiger partial charge in [0, 0.05) is 0 Å². The van der Waals surface area contributed by atoms with Crippen LogP contribution in [0.1, 0.15) is 20.8 Å². The molecule has 0 aliphatic carbocycles. The van der Waals surface area contributed by atoms with Gasteiger partial charge in [0.05, 0.1) is 5.60 Å². The molecular formula is C10H18O7. The summed E-state index contributed by atoms with van der Waals surface area (Å²) in [7, 11) is 0.